The van der Waals surface area contributed by atoms with E-state index in [0.717, 1.165) is 12.3 Å². The predicted octanol–water partition coefficient (Wildman–Crippen LogP) is 5.15. The van der Waals surface area contributed by atoms with E-state index < -0.39 is 13.9 Å². The van der Waals surface area contributed by atoms with Crippen LogP contribution in [0.15, 0.2) is 0 Å². The largest absolute Gasteiger partial charge is 0.469 e. The zero-order chi connectivity index (χ0) is 21.1. The molecule has 3 N–H and O–H groups in total. The number of hydrogen-bond donors (Lipinski definition) is 3. The third kappa shape index (κ3) is 21.1. The standard InChI is InChI=1S/C20H43O6PS/c1-3-5-6-7-8-12-19(4-2)13-9-10-14-25-17-20(21)18-28-16-11-15-26-27(22,23)24/h19-21H,3-18H2,1-2H3,(H2,22,23,24). The maximum Gasteiger partial charge on any atom is 0.469 e. The zero-order valence-electron chi connectivity index (χ0n) is 17.9. The molecule has 0 aliphatic carbocycles. The Hall–Kier alpha value is 0.380. The molecular weight excluding hydrogens is 399 g/mol. The van der Waals surface area contributed by atoms with Crippen LogP contribution in [-0.2, 0) is 13.8 Å². The van der Waals surface area contributed by atoms with E-state index in [9.17, 15) is 9.67 Å². The second kappa shape index (κ2) is 19.3. The normalized spacial score (nSPS) is 14.3. The summed E-state index contributed by atoms with van der Waals surface area (Å²) in [6.07, 6.45) is 13.0. The third-order valence-corrected chi connectivity index (χ3v) is 6.47. The fraction of sp³-hybridized carbons (Fsp3) is 1.00. The average Bonchev–Trinajstić information content (AvgIpc) is 2.64. The molecule has 6 nitrogen and oxygen atoms in total. The fourth-order valence-electron chi connectivity index (χ4n) is 3.06. The van der Waals surface area contributed by atoms with Crippen LogP contribution in [0.3, 0.4) is 0 Å². The molecule has 0 saturated carbocycles. The summed E-state index contributed by atoms with van der Waals surface area (Å²) in [6.45, 7) is 5.62. The summed E-state index contributed by atoms with van der Waals surface area (Å²) >= 11 is 1.54. The van der Waals surface area contributed by atoms with Gasteiger partial charge in [-0.05, 0) is 24.5 Å². The quantitative estimate of drug-likeness (QED) is 0.167. The van der Waals surface area contributed by atoms with Crippen molar-refractivity contribution in [1.29, 1.82) is 0 Å². The van der Waals surface area contributed by atoms with Crippen LogP contribution >= 0.6 is 19.6 Å². The molecule has 8 heteroatoms. The summed E-state index contributed by atoms with van der Waals surface area (Å²) in [7, 11) is -4.36. The molecule has 0 bridgehead atoms. The van der Waals surface area contributed by atoms with Crippen LogP contribution in [0.5, 0.6) is 0 Å². The van der Waals surface area contributed by atoms with E-state index in [2.05, 4.69) is 18.4 Å². The third-order valence-electron chi connectivity index (χ3n) is 4.76. The van der Waals surface area contributed by atoms with Crippen molar-refractivity contribution in [3.05, 3.63) is 0 Å². The van der Waals surface area contributed by atoms with E-state index in [1.807, 2.05) is 0 Å². The van der Waals surface area contributed by atoms with Crippen LogP contribution in [0.1, 0.15) is 84.5 Å². The highest BCUT2D eigenvalue weighted by Gasteiger charge is 2.12. The van der Waals surface area contributed by atoms with Crippen molar-refractivity contribution in [3.63, 3.8) is 0 Å². The Balaban J connectivity index is 3.44. The van der Waals surface area contributed by atoms with E-state index in [1.54, 1.807) is 0 Å². The summed E-state index contributed by atoms with van der Waals surface area (Å²) in [5.74, 6) is 2.10. The van der Waals surface area contributed by atoms with Crippen LogP contribution < -0.4 is 0 Å². The first kappa shape index (κ1) is 28.4. The van der Waals surface area contributed by atoms with Crippen LogP contribution in [0.4, 0.5) is 0 Å². The van der Waals surface area contributed by atoms with Crippen LogP contribution in [0.2, 0.25) is 0 Å². The minimum Gasteiger partial charge on any atom is -0.390 e. The molecule has 28 heavy (non-hydrogen) atoms. The smallest absolute Gasteiger partial charge is 0.390 e. The number of hydrogen-bond acceptors (Lipinski definition) is 5. The maximum absolute atomic E-state index is 10.5. The lowest BCUT2D eigenvalue weighted by Gasteiger charge is -2.15. The van der Waals surface area contributed by atoms with Gasteiger partial charge in [-0.15, -0.1) is 0 Å². The topological polar surface area (TPSA) is 96.2 Å². The van der Waals surface area contributed by atoms with Gasteiger partial charge >= 0.3 is 7.82 Å². The van der Waals surface area contributed by atoms with Crippen molar-refractivity contribution >= 4 is 19.6 Å². The number of aliphatic hydroxyl groups is 1. The molecule has 0 amide bonds. The molecular formula is C20H43O6PS. The zero-order valence-corrected chi connectivity index (χ0v) is 19.6. The van der Waals surface area contributed by atoms with Gasteiger partial charge < -0.3 is 19.6 Å². The Labute approximate surface area is 176 Å². The van der Waals surface area contributed by atoms with Gasteiger partial charge in [-0.25, -0.2) is 4.57 Å². The molecule has 170 valence electrons. The van der Waals surface area contributed by atoms with E-state index >= 15 is 0 Å². The summed E-state index contributed by atoms with van der Waals surface area (Å²) in [5.41, 5.74) is 0. The molecule has 0 aromatic carbocycles. The van der Waals surface area contributed by atoms with E-state index in [4.69, 9.17) is 14.5 Å². The van der Waals surface area contributed by atoms with Gasteiger partial charge in [-0.2, -0.15) is 11.8 Å². The van der Waals surface area contributed by atoms with E-state index in [0.29, 0.717) is 31.1 Å². The SMILES string of the molecule is CCCCCCCC(CC)CCCCOCC(O)CSCCCOP(=O)(O)O. The van der Waals surface area contributed by atoms with Gasteiger partial charge in [0.25, 0.3) is 0 Å². The first-order valence-corrected chi connectivity index (χ1v) is 13.6. The molecule has 0 aromatic rings. The summed E-state index contributed by atoms with van der Waals surface area (Å²) in [5, 5.41) is 9.87. The number of phosphoric acid groups is 1. The number of unbranched alkanes of at least 4 members (excludes halogenated alkanes) is 5. The molecule has 2 unspecified atom stereocenters. The van der Waals surface area contributed by atoms with Crippen molar-refractivity contribution in [2.24, 2.45) is 5.92 Å². The lowest BCUT2D eigenvalue weighted by Crippen LogP contribution is -2.18. The van der Waals surface area contributed by atoms with Gasteiger partial charge in [0.2, 0.25) is 0 Å². The Morgan fingerprint density at radius 2 is 1.61 bits per heavy atom. The summed E-state index contributed by atoms with van der Waals surface area (Å²) < 4.78 is 20.4. The second-order valence-electron chi connectivity index (χ2n) is 7.45. The Kier molecular flexibility index (Phi) is 19.6. The average molecular weight is 443 g/mol. The van der Waals surface area contributed by atoms with E-state index in [-0.39, 0.29) is 6.61 Å². The van der Waals surface area contributed by atoms with Crippen molar-refractivity contribution in [3.8, 4) is 0 Å². The first-order valence-electron chi connectivity index (χ1n) is 10.9. The van der Waals surface area contributed by atoms with Crippen molar-refractivity contribution < 1.29 is 28.7 Å². The van der Waals surface area contributed by atoms with Gasteiger partial charge in [-0.1, -0.05) is 71.6 Å². The lowest BCUT2D eigenvalue weighted by atomic mass is 9.93. The van der Waals surface area contributed by atoms with Gasteiger partial charge in [-0.3, -0.25) is 4.52 Å². The minimum atomic E-state index is -4.36. The minimum absolute atomic E-state index is 0.0291. The van der Waals surface area contributed by atoms with Gasteiger partial charge in [0, 0.05) is 12.4 Å². The number of rotatable bonds is 21. The van der Waals surface area contributed by atoms with Crippen molar-refractivity contribution in [2.45, 2.75) is 90.6 Å². The molecule has 0 fully saturated rings. The number of thioether (sulfide) groups is 1. The molecule has 0 aromatic heterocycles. The first-order chi connectivity index (χ1) is 13.4. The van der Waals surface area contributed by atoms with Crippen molar-refractivity contribution in [1.82, 2.24) is 0 Å². The second-order valence-corrected chi connectivity index (χ2v) is 9.84. The van der Waals surface area contributed by atoms with Crippen LogP contribution in [0, 0.1) is 5.92 Å². The van der Waals surface area contributed by atoms with Gasteiger partial charge in [0.05, 0.1) is 19.3 Å². The molecule has 0 aliphatic heterocycles. The number of phosphoric ester groups is 1. The van der Waals surface area contributed by atoms with Crippen LogP contribution in [0.25, 0.3) is 0 Å². The van der Waals surface area contributed by atoms with Gasteiger partial charge in [0.15, 0.2) is 0 Å². The highest BCUT2D eigenvalue weighted by Crippen LogP contribution is 2.35. The Morgan fingerprint density at radius 3 is 2.25 bits per heavy atom. The molecule has 0 rings (SSSR count). The van der Waals surface area contributed by atoms with Crippen LogP contribution in [-0.4, -0.2) is 52.3 Å². The van der Waals surface area contributed by atoms with Crippen molar-refractivity contribution in [2.75, 3.05) is 31.3 Å². The number of ether oxygens (including phenoxy) is 1. The lowest BCUT2D eigenvalue weighted by molar-refractivity contribution is 0.0464. The highest BCUT2D eigenvalue weighted by molar-refractivity contribution is 7.99. The molecule has 0 radical (unpaired) electrons. The predicted molar refractivity (Wildman–Crippen MR) is 118 cm³/mol. The van der Waals surface area contributed by atoms with E-state index in [1.165, 1.54) is 69.5 Å². The maximum atomic E-state index is 10.5. The van der Waals surface area contributed by atoms with Gasteiger partial charge in [0.1, 0.15) is 0 Å². The number of aliphatic hydroxyl groups excluding tert-OH is 1. The summed E-state index contributed by atoms with van der Waals surface area (Å²) in [4.78, 5) is 17.1. The fourth-order valence-corrected chi connectivity index (χ4v) is 4.28. The monoisotopic (exact) mass is 442 g/mol. The highest BCUT2D eigenvalue weighted by atomic mass is 32.2. The Morgan fingerprint density at radius 1 is 0.929 bits per heavy atom. The summed E-state index contributed by atoms with van der Waals surface area (Å²) in [6, 6.07) is 0. The molecule has 0 heterocycles. The molecule has 0 aliphatic rings. The Bertz CT molecular complexity index is 380. The molecule has 0 spiro atoms. The molecule has 0 saturated heterocycles. The molecule has 2 atom stereocenters.